The fraction of sp³-hybridized carbons (Fsp3) is 0.500. The fourth-order valence-electron chi connectivity index (χ4n) is 1.56. The molecule has 0 aliphatic carbocycles. The van der Waals surface area contributed by atoms with Crippen molar-refractivity contribution in [1.82, 2.24) is 5.32 Å². The van der Waals surface area contributed by atoms with Gasteiger partial charge in [0, 0.05) is 11.6 Å². The normalized spacial score (nSPS) is 13.9. The van der Waals surface area contributed by atoms with Gasteiger partial charge in [0.15, 0.2) is 0 Å². The Morgan fingerprint density at radius 2 is 1.85 bits per heavy atom. The SMILES string of the molecule is Cc1cc(S(N)(=O)=O)ccc1C(=O)NC(C)C(C)(C)C. The van der Waals surface area contributed by atoms with Crippen LogP contribution in [-0.2, 0) is 10.0 Å². The summed E-state index contributed by atoms with van der Waals surface area (Å²) in [7, 11) is -3.75. The summed E-state index contributed by atoms with van der Waals surface area (Å²) in [4.78, 5) is 12.2. The van der Waals surface area contributed by atoms with Crippen molar-refractivity contribution in [2.45, 2.75) is 45.6 Å². The maximum absolute atomic E-state index is 12.2. The minimum atomic E-state index is -3.75. The van der Waals surface area contributed by atoms with E-state index in [2.05, 4.69) is 5.32 Å². The van der Waals surface area contributed by atoms with Gasteiger partial charge in [-0.3, -0.25) is 4.79 Å². The maximum Gasteiger partial charge on any atom is 0.251 e. The second-order valence-corrected chi connectivity index (χ2v) is 7.64. The standard InChI is InChI=1S/C14H22N2O3S/c1-9-8-11(20(15,18)19)6-7-12(9)13(17)16-10(2)14(3,4)5/h6-8,10H,1-5H3,(H,16,17)(H2,15,18,19). The summed E-state index contributed by atoms with van der Waals surface area (Å²) in [6.07, 6.45) is 0. The van der Waals surface area contributed by atoms with E-state index < -0.39 is 10.0 Å². The molecule has 6 heteroatoms. The van der Waals surface area contributed by atoms with E-state index in [0.717, 1.165) is 0 Å². The number of carbonyl (C=O) groups excluding carboxylic acids is 1. The number of hydrogen-bond acceptors (Lipinski definition) is 3. The molecule has 0 spiro atoms. The highest BCUT2D eigenvalue weighted by atomic mass is 32.2. The number of sulfonamides is 1. The molecule has 0 saturated heterocycles. The van der Waals surface area contributed by atoms with Crippen LogP contribution in [0.1, 0.15) is 43.6 Å². The highest BCUT2D eigenvalue weighted by Crippen LogP contribution is 2.20. The van der Waals surface area contributed by atoms with Crippen LogP contribution in [-0.4, -0.2) is 20.4 Å². The molecule has 5 nitrogen and oxygen atoms in total. The molecule has 0 aromatic heterocycles. The van der Waals surface area contributed by atoms with E-state index in [4.69, 9.17) is 5.14 Å². The van der Waals surface area contributed by atoms with Crippen molar-refractivity contribution in [2.24, 2.45) is 10.6 Å². The largest absolute Gasteiger partial charge is 0.349 e. The summed E-state index contributed by atoms with van der Waals surface area (Å²) in [5.74, 6) is -0.217. The molecule has 0 bridgehead atoms. The van der Waals surface area contributed by atoms with E-state index in [0.29, 0.717) is 11.1 Å². The van der Waals surface area contributed by atoms with E-state index in [1.807, 2.05) is 27.7 Å². The van der Waals surface area contributed by atoms with Gasteiger partial charge in [0.05, 0.1) is 4.90 Å². The summed E-state index contributed by atoms with van der Waals surface area (Å²) < 4.78 is 22.5. The molecule has 20 heavy (non-hydrogen) atoms. The Balaban J connectivity index is 3.02. The second kappa shape index (κ2) is 5.54. The third-order valence-electron chi connectivity index (χ3n) is 3.42. The lowest BCUT2D eigenvalue weighted by molar-refractivity contribution is 0.0909. The second-order valence-electron chi connectivity index (χ2n) is 6.08. The molecule has 3 N–H and O–H groups in total. The van der Waals surface area contributed by atoms with E-state index in [1.54, 1.807) is 6.92 Å². The van der Waals surface area contributed by atoms with Gasteiger partial charge in [0.25, 0.3) is 5.91 Å². The number of carbonyl (C=O) groups is 1. The van der Waals surface area contributed by atoms with Crippen LogP contribution in [0.2, 0.25) is 0 Å². The summed E-state index contributed by atoms with van der Waals surface area (Å²) in [5, 5.41) is 7.98. The summed E-state index contributed by atoms with van der Waals surface area (Å²) >= 11 is 0. The Labute approximate surface area is 120 Å². The van der Waals surface area contributed by atoms with Crippen LogP contribution in [0.15, 0.2) is 23.1 Å². The first-order chi connectivity index (χ1) is 8.93. The van der Waals surface area contributed by atoms with Gasteiger partial charge in [-0.1, -0.05) is 20.8 Å². The van der Waals surface area contributed by atoms with Crippen molar-refractivity contribution < 1.29 is 13.2 Å². The Hall–Kier alpha value is -1.40. The summed E-state index contributed by atoms with van der Waals surface area (Å²) in [6, 6.07) is 4.23. The van der Waals surface area contributed by atoms with Crippen LogP contribution in [0.4, 0.5) is 0 Å². The van der Waals surface area contributed by atoms with Gasteiger partial charge in [-0.2, -0.15) is 0 Å². The zero-order valence-electron chi connectivity index (χ0n) is 12.5. The number of rotatable bonds is 3. The van der Waals surface area contributed by atoms with Gasteiger partial charge in [-0.05, 0) is 43.0 Å². The number of nitrogens with two attached hydrogens (primary N) is 1. The quantitative estimate of drug-likeness (QED) is 0.891. The molecule has 0 heterocycles. The third kappa shape index (κ3) is 4.05. The van der Waals surface area contributed by atoms with Gasteiger partial charge in [-0.15, -0.1) is 0 Å². The van der Waals surface area contributed by atoms with Crippen molar-refractivity contribution in [1.29, 1.82) is 0 Å². The molecule has 1 atom stereocenters. The van der Waals surface area contributed by atoms with Gasteiger partial charge in [0.2, 0.25) is 10.0 Å². The summed E-state index contributed by atoms with van der Waals surface area (Å²) in [6.45, 7) is 9.73. The highest BCUT2D eigenvalue weighted by molar-refractivity contribution is 7.89. The van der Waals surface area contributed by atoms with Crippen molar-refractivity contribution in [3.8, 4) is 0 Å². The fourth-order valence-corrected chi connectivity index (χ4v) is 2.16. The van der Waals surface area contributed by atoms with E-state index in [9.17, 15) is 13.2 Å². The highest BCUT2D eigenvalue weighted by Gasteiger charge is 2.23. The van der Waals surface area contributed by atoms with Crippen LogP contribution in [0.5, 0.6) is 0 Å². The minimum absolute atomic E-state index is 0.00711. The smallest absolute Gasteiger partial charge is 0.251 e. The molecule has 1 rings (SSSR count). The van der Waals surface area contributed by atoms with E-state index >= 15 is 0 Å². The average Bonchev–Trinajstić information content (AvgIpc) is 2.25. The lowest BCUT2D eigenvalue weighted by Crippen LogP contribution is -2.41. The predicted molar refractivity (Wildman–Crippen MR) is 78.9 cm³/mol. The number of nitrogens with one attached hydrogen (secondary N) is 1. The Bertz CT molecular complexity index is 616. The number of amides is 1. The number of benzene rings is 1. The predicted octanol–water partition coefficient (Wildman–Crippen LogP) is 1.81. The average molecular weight is 298 g/mol. The van der Waals surface area contributed by atoms with Crippen molar-refractivity contribution in [2.75, 3.05) is 0 Å². The number of aryl methyl sites for hydroxylation is 1. The molecule has 1 aromatic carbocycles. The molecule has 0 radical (unpaired) electrons. The molecule has 0 aliphatic rings. The lowest BCUT2D eigenvalue weighted by Gasteiger charge is -2.28. The molecular weight excluding hydrogens is 276 g/mol. The van der Waals surface area contributed by atoms with Gasteiger partial charge >= 0.3 is 0 Å². The molecule has 0 fully saturated rings. The van der Waals surface area contributed by atoms with Crippen molar-refractivity contribution in [3.05, 3.63) is 29.3 Å². The van der Waals surface area contributed by atoms with Crippen LogP contribution in [0.3, 0.4) is 0 Å². The zero-order chi connectivity index (χ0) is 15.7. The molecule has 0 saturated carbocycles. The first kappa shape index (κ1) is 16.7. The topological polar surface area (TPSA) is 89.3 Å². The Morgan fingerprint density at radius 1 is 1.30 bits per heavy atom. The number of hydrogen-bond donors (Lipinski definition) is 2. The lowest BCUT2D eigenvalue weighted by atomic mass is 9.88. The van der Waals surface area contributed by atoms with Crippen molar-refractivity contribution in [3.63, 3.8) is 0 Å². The third-order valence-corrected chi connectivity index (χ3v) is 4.33. The van der Waals surface area contributed by atoms with Crippen LogP contribution >= 0.6 is 0 Å². The zero-order valence-corrected chi connectivity index (χ0v) is 13.3. The van der Waals surface area contributed by atoms with Gasteiger partial charge in [-0.25, -0.2) is 13.6 Å². The Kier molecular flexibility index (Phi) is 4.61. The Morgan fingerprint density at radius 3 is 2.25 bits per heavy atom. The summed E-state index contributed by atoms with van der Waals surface area (Å²) in [5.41, 5.74) is 0.980. The molecule has 1 unspecified atom stereocenters. The molecular formula is C14H22N2O3S. The van der Waals surface area contributed by atoms with Crippen molar-refractivity contribution >= 4 is 15.9 Å². The molecule has 112 valence electrons. The number of primary sulfonamides is 1. The van der Waals surface area contributed by atoms with Crippen LogP contribution in [0, 0.1) is 12.3 Å². The first-order valence-corrected chi connectivity index (χ1v) is 7.92. The monoisotopic (exact) mass is 298 g/mol. The minimum Gasteiger partial charge on any atom is -0.349 e. The van der Waals surface area contributed by atoms with E-state index in [1.165, 1.54) is 18.2 Å². The van der Waals surface area contributed by atoms with Gasteiger partial charge < -0.3 is 5.32 Å². The molecule has 1 aromatic rings. The van der Waals surface area contributed by atoms with Crippen LogP contribution < -0.4 is 10.5 Å². The first-order valence-electron chi connectivity index (χ1n) is 6.37. The van der Waals surface area contributed by atoms with Crippen LogP contribution in [0.25, 0.3) is 0 Å². The van der Waals surface area contributed by atoms with Gasteiger partial charge in [0.1, 0.15) is 0 Å². The molecule has 0 aliphatic heterocycles. The molecule has 1 amide bonds. The van der Waals surface area contributed by atoms with E-state index in [-0.39, 0.29) is 22.3 Å². The maximum atomic E-state index is 12.2.